The first-order valence-corrected chi connectivity index (χ1v) is 6.31. The maximum atomic E-state index is 11.8. The zero-order valence-corrected chi connectivity index (χ0v) is 10.6. The maximum absolute atomic E-state index is 11.8. The van der Waals surface area contributed by atoms with Gasteiger partial charge in [-0.1, -0.05) is 18.2 Å². The van der Waals surface area contributed by atoms with E-state index in [0.29, 0.717) is 6.61 Å². The number of hydrogen-bond donors (Lipinski definition) is 0. The summed E-state index contributed by atoms with van der Waals surface area (Å²) < 4.78 is 11.4. The third kappa shape index (κ3) is 2.33. The molecule has 2 rings (SSSR count). The van der Waals surface area contributed by atoms with Crippen molar-refractivity contribution in [2.75, 3.05) is 13.7 Å². The summed E-state index contributed by atoms with van der Waals surface area (Å²) in [5.74, 6) is -0.335. The average Bonchev–Trinajstić information content (AvgIpc) is 2.75. The molecule has 0 aliphatic rings. The Morgan fingerprint density at radius 2 is 2.18 bits per heavy atom. The minimum Gasteiger partial charge on any atom is -0.464 e. The van der Waals surface area contributed by atoms with E-state index in [1.54, 1.807) is 18.3 Å². The summed E-state index contributed by atoms with van der Waals surface area (Å²) in [6, 6.07) is 7.96. The molecule has 2 aromatic rings. The van der Waals surface area contributed by atoms with Crippen LogP contribution in [0.2, 0.25) is 0 Å². The highest BCUT2D eigenvalue weighted by Crippen LogP contribution is 2.32. The molecular weight excluding hydrogens is 236 g/mol. The van der Waals surface area contributed by atoms with Crippen LogP contribution in [0.4, 0.5) is 0 Å². The van der Waals surface area contributed by atoms with Gasteiger partial charge in [-0.2, -0.15) is 0 Å². The van der Waals surface area contributed by atoms with Crippen LogP contribution in [0.15, 0.2) is 29.6 Å². The molecule has 1 aromatic heterocycles. The molecule has 17 heavy (non-hydrogen) atoms. The van der Waals surface area contributed by atoms with Gasteiger partial charge in [0.2, 0.25) is 0 Å². The highest BCUT2D eigenvalue weighted by molar-refractivity contribution is 7.17. The van der Waals surface area contributed by atoms with Gasteiger partial charge in [0.25, 0.3) is 0 Å². The summed E-state index contributed by atoms with van der Waals surface area (Å²) in [6.07, 6.45) is -0.633. The summed E-state index contributed by atoms with van der Waals surface area (Å²) in [5.41, 5.74) is 0.881. The molecule has 0 N–H and O–H groups in total. The second-order valence-electron chi connectivity index (χ2n) is 3.55. The molecule has 0 aliphatic heterocycles. The van der Waals surface area contributed by atoms with Gasteiger partial charge in [0.05, 0.1) is 6.61 Å². The Balaban J connectivity index is 2.40. The molecule has 0 radical (unpaired) electrons. The van der Waals surface area contributed by atoms with E-state index in [2.05, 4.69) is 0 Å². The van der Waals surface area contributed by atoms with Gasteiger partial charge in [0, 0.05) is 17.4 Å². The van der Waals surface area contributed by atoms with Crippen LogP contribution in [0.5, 0.6) is 0 Å². The first-order valence-electron chi connectivity index (χ1n) is 5.43. The molecule has 3 nitrogen and oxygen atoms in total. The first-order chi connectivity index (χ1) is 8.27. The van der Waals surface area contributed by atoms with Crippen LogP contribution in [0, 0.1) is 0 Å². The van der Waals surface area contributed by atoms with Gasteiger partial charge in [-0.3, -0.25) is 0 Å². The molecule has 1 atom stereocenters. The van der Waals surface area contributed by atoms with E-state index in [9.17, 15) is 4.79 Å². The minimum atomic E-state index is -0.633. The van der Waals surface area contributed by atoms with Crippen LogP contribution in [-0.4, -0.2) is 19.7 Å². The fraction of sp³-hybridized carbons (Fsp3) is 0.308. The van der Waals surface area contributed by atoms with E-state index in [0.717, 1.165) is 15.6 Å². The Labute approximate surface area is 104 Å². The maximum Gasteiger partial charge on any atom is 0.339 e. The molecule has 1 aromatic carbocycles. The van der Waals surface area contributed by atoms with Gasteiger partial charge in [0.15, 0.2) is 6.10 Å². The van der Waals surface area contributed by atoms with Crippen molar-refractivity contribution in [3.63, 3.8) is 0 Å². The van der Waals surface area contributed by atoms with Gasteiger partial charge in [-0.05, 0) is 23.8 Å². The number of methoxy groups -OCH3 is 1. The van der Waals surface area contributed by atoms with Gasteiger partial charge in [-0.25, -0.2) is 4.79 Å². The molecule has 0 saturated carbocycles. The van der Waals surface area contributed by atoms with E-state index >= 15 is 0 Å². The molecule has 0 spiro atoms. The van der Waals surface area contributed by atoms with Crippen molar-refractivity contribution in [2.24, 2.45) is 0 Å². The Morgan fingerprint density at radius 3 is 2.88 bits per heavy atom. The predicted molar refractivity (Wildman–Crippen MR) is 68.2 cm³/mol. The summed E-state index contributed by atoms with van der Waals surface area (Å²) in [5, 5.41) is 3.01. The minimum absolute atomic E-state index is 0.335. The number of esters is 1. The Kier molecular flexibility index (Phi) is 3.76. The average molecular weight is 250 g/mol. The van der Waals surface area contributed by atoms with E-state index in [4.69, 9.17) is 9.47 Å². The summed E-state index contributed by atoms with van der Waals surface area (Å²) in [4.78, 5) is 11.8. The molecule has 4 heteroatoms. The summed E-state index contributed by atoms with van der Waals surface area (Å²) in [7, 11) is 1.52. The van der Waals surface area contributed by atoms with Gasteiger partial charge in [0.1, 0.15) is 0 Å². The lowest BCUT2D eigenvalue weighted by Crippen LogP contribution is -2.17. The lowest BCUT2D eigenvalue weighted by atomic mass is 10.1. The van der Waals surface area contributed by atoms with Crippen LogP contribution in [0.3, 0.4) is 0 Å². The second-order valence-corrected chi connectivity index (χ2v) is 4.47. The van der Waals surface area contributed by atoms with E-state index < -0.39 is 6.10 Å². The number of carbonyl (C=O) groups is 1. The largest absolute Gasteiger partial charge is 0.464 e. The highest BCUT2D eigenvalue weighted by atomic mass is 32.1. The van der Waals surface area contributed by atoms with E-state index in [-0.39, 0.29) is 5.97 Å². The number of fused-ring (bicyclic) bond motifs is 1. The van der Waals surface area contributed by atoms with Crippen molar-refractivity contribution in [3.05, 3.63) is 35.2 Å². The van der Waals surface area contributed by atoms with Crippen LogP contribution in [-0.2, 0) is 14.3 Å². The lowest BCUT2D eigenvalue weighted by Gasteiger charge is -2.13. The summed E-state index contributed by atoms with van der Waals surface area (Å²) in [6.45, 7) is 2.15. The van der Waals surface area contributed by atoms with Crippen LogP contribution in [0.25, 0.3) is 10.1 Å². The van der Waals surface area contributed by atoms with Crippen molar-refractivity contribution in [1.82, 2.24) is 0 Å². The molecule has 1 unspecified atom stereocenters. The van der Waals surface area contributed by atoms with Crippen molar-refractivity contribution in [1.29, 1.82) is 0 Å². The van der Waals surface area contributed by atoms with Crippen molar-refractivity contribution >= 4 is 27.4 Å². The Morgan fingerprint density at radius 1 is 1.41 bits per heavy atom. The number of carbonyl (C=O) groups excluding carboxylic acids is 1. The van der Waals surface area contributed by atoms with Crippen LogP contribution < -0.4 is 0 Å². The third-order valence-electron chi connectivity index (χ3n) is 2.53. The second kappa shape index (κ2) is 5.29. The number of benzene rings is 1. The SMILES string of the molecule is CCOC(=O)C(OC)c1csc2ccccc12. The monoisotopic (exact) mass is 250 g/mol. The highest BCUT2D eigenvalue weighted by Gasteiger charge is 2.24. The van der Waals surface area contributed by atoms with Crippen molar-refractivity contribution < 1.29 is 14.3 Å². The van der Waals surface area contributed by atoms with Gasteiger partial charge >= 0.3 is 5.97 Å². The number of rotatable bonds is 4. The smallest absolute Gasteiger partial charge is 0.339 e. The normalized spacial score (nSPS) is 12.6. The molecule has 90 valence electrons. The topological polar surface area (TPSA) is 35.5 Å². The number of thiophene rings is 1. The Hall–Kier alpha value is -1.39. The van der Waals surface area contributed by atoms with Crippen LogP contribution in [0.1, 0.15) is 18.6 Å². The third-order valence-corrected chi connectivity index (χ3v) is 3.51. The van der Waals surface area contributed by atoms with E-state index in [1.807, 2.05) is 29.6 Å². The molecule has 0 saturated heterocycles. The lowest BCUT2D eigenvalue weighted by molar-refractivity contribution is -0.155. The molecule has 1 heterocycles. The van der Waals surface area contributed by atoms with Crippen LogP contribution >= 0.6 is 11.3 Å². The van der Waals surface area contributed by atoms with Crippen molar-refractivity contribution in [2.45, 2.75) is 13.0 Å². The van der Waals surface area contributed by atoms with Gasteiger partial charge in [-0.15, -0.1) is 11.3 Å². The summed E-state index contributed by atoms with van der Waals surface area (Å²) >= 11 is 1.61. The quantitative estimate of drug-likeness (QED) is 0.782. The number of ether oxygens (including phenoxy) is 2. The zero-order chi connectivity index (χ0) is 12.3. The molecule has 0 fully saturated rings. The standard InChI is InChI=1S/C13H14O3S/c1-3-16-13(14)12(15-2)10-8-17-11-7-5-4-6-9(10)11/h4-8,12H,3H2,1-2H3. The molecular formula is C13H14O3S. The zero-order valence-electron chi connectivity index (χ0n) is 9.80. The molecule has 0 amide bonds. The number of hydrogen-bond acceptors (Lipinski definition) is 4. The first kappa shape index (κ1) is 12.1. The predicted octanol–water partition coefficient (Wildman–Crippen LogP) is 3.15. The fourth-order valence-corrected chi connectivity index (χ4v) is 2.74. The Bertz CT molecular complexity index is 518. The molecule has 0 bridgehead atoms. The van der Waals surface area contributed by atoms with Gasteiger partial charge < -0.3 is 9.47 Å². The fourth-order valence-electron chi connectivity index (χ4n) is 1.77. The van der Waals surface area contributed by atoms with Crippen molar-refractivity contribution in [3.8, 4) is 0 Å². The van der Waals surface area contributed by atoms with E-state index in [1.165, 1.54) is 7.11 Å². The molecule has 0 aliphatic carbocycles.